The lowest BCUT2D eigenvalue weighted by Gasteiger charge is -2.29. The molecule has 0 spiro atoms. The van der Waals surface area contributed by atoms with E-state index in [1.807, 2.05) is 0 Å². The van der Waals surface area contributed by atoms with Crippen molar-refractivity contribution >= 4 is 35.6 Å². The zero-order valence-electron chi connectivity index (χ0n) is 20.2. The van der Waals surface area contributed by atoms with E-state index in [0.717, 1.165) is 0 Å². The monoisotopic (exact) mass is 514 g/mol. The third-order valence-electron chi connectivity index (χ3n) is 5.70. The van der Waals surface area contributed by atoms with Crippen LogP contribution < -0.4 is 33.6 Å². The maximum atomic E-state index is 13.2. The standard InChI is InChI=1S/C21H38N8O7/c22-8-2-1-6-13(20(35)36)27-18(33)15-7-4-10-29(15)19(34)14(11-16(30)31)28-17(32)12(23)5-3-9-26-21(24)25/h12-15H,1-11,22-23H2,(H,27,33)(H,28,32)(H,30,31)(H,35,36)(H4,24,25,26). The molecule has 15 heteroatoms. The molecule has 36 heavy (non-hydrogen) atoms. The highest BCUT2D eigenvalue weighted by atomic mass is 16.4. The number of carboxylic acids is 2. The number of aliphatic imine (C=N–C) groups is 1. The summed E-state index contributed by atoms with van der Waals surface area (Å²) >= 11 is 0. The number of unbranched alkanes of at least 4 members (excludes halogenated alkanes) is 1. The summed E-state index contributed by atoms with van der Waals surface area (Å²) in [4.78, 5) is 66.4. The zero-order chi connectivity index (χ0) is 27.3. The Bertz CT molecular complexity index is 818. The molecule has 15 nitrogen and oxygen atoms in total. The first-order valence-corrected chi connectivity index (χ1v) is 11.8. The maximum Gasteiger partial charge on any atom is 0.326 e. The summed E-state index contributed by atoms with van der Waals surface area (Å²) in [6.07, 6.45) is 1.85. The number of carboxylic acid groups (broad SMARTS) is 2. The summed E-state index contributed by atoms with van der Waals surface area (Å²) in [7, 11) is 0. The Labute approximate surface area is 209 Å². The van der Waals surface area contributed by atoms with Gasteiger partial charge in [-0.2, -0.15) is 0 Å². The smallest absolute Gasteiger partial charge is 0.326 e. The summed E-state index contributed by atoms with van der Waals surface area (Å²) in [6, 6.07) is -4.62. The van der Waals surface area contributed by atoms with Gasteiger partial charge in [0.1, 0.15) is 18.1 Å². The van der Waals surface area contributed by atoms with Gasteiger partial charge in [-0.3, -0.25) is 24.2 Å². The number of aliphatic carboxylic acids is 2. The predicted molar refractivity (Wildman–Crippen MR) is 129 cm³/mol. The second-order valence-corrected chi connectivity index (χ2v) is 8.59. The lowest BCUT2D eigenvalue weighted by Crippen LogP contribution is -2.57. The number of hydrogen-bond donors (Lipinski definition) is 8. The fourth-order valence-corrected chi connectivity index (χ4v) is 3.83. The van der Waals surface area contributed by atoms with Gasteiger partial charge in [0, 0.05) is 13.1 Å². The second-order valence-electron chi connectivity index (χ2n) is 8.59. The van der Waals surface area contributed by atoms with Crippen LogP contribution in [0.2, 0.25) is 0 Å². The van der Waals surface area contributed by atoms with Gasteiger partial charge in [-0.1, -0.05) is 0 Å². The van der Waals surface area contributed by atoms with E-state index in [1.54, 1.807) is 0 Å². The number of carbonyl (C=O) groups is 5. The minimum absolute atomic E-state index is 0.102. The molecule has 1 rings (SSSR count). The first-order chi connectivity index (χ1) is 17.0. The van der Waals surface area contributed by atoms with Crippen LogP contribution in [-0.4, -0.2) is 94.5 Å². The molecule has 0 aromatic heterocycles. The molecule has 4 atom stereocenters. The molecule has 0 bridgehead atoms. The molecule has 0 saturated carbocycles. The van der Waals surface area contributed by atoms with E-state index in [9.17, 15) is 34.2 Å². The Morgan fingerprint density at radius 1 is 1.00 bits per heavy atom. The van der Waals surface area contributed by atoms with Gasteiger partial charge in [-0.05, 0) is 51.5 Å². The van der Waals surface area contributed by atoms with E-state index in [-0.39, 0.29) is 38.3 Å². The summed E-state index contributed by atoms with van der Waals surface area (Å²) in [5.74, 6) is -4.79. The van der Waals surface area contributed by atoms with Crippen LogP contribution >= 0.6 is 0 Å². The summed E-state index contributed by atoms with van der Waals surface area (Å²) in [6.45, 7) is 0.787. The van der Waals surface area contributed by atoms with Crippen molar-refractivity contribution in [2.45, 2.75) is 75.5 Å². The number of hydrogen-bond acceptors (Lipinski definition) is 8. The Balaban J connectivity index is 2.85. The molecule has 1 heterocycles. The molecule has 1 aliphatic rings. The third-order valence-corrected chi connectivity index (χ3v) is 5.70. The SMILES string of the molecule is NCCCCC(NC(=O)C1CCCN1C(=O)C(CC(=O)O)NC(=O)C(N)CCCN=C(N)N)C(=O)O. The molecule has 0 aromatic carbocycles. The van der Waals surface area contributed by atoms with Crippen LogP contribution in [0.1, 0.15) is 51.4 Å². The maximum absolute atomic E-state index is 13.2. The van der Waals surface area contributed by atoms with Crippen LogP contribution in [-0.2, 0) is 24.0 Å². The van der Waals surface area contributed by atoms with Crippen molar-refractivity contribution in [3.8, 4) is 0 Å². The summed E-state index contributed by atoms with van der Waals surface area (Å²) < 4.78 is 0. The highest BCUT2D eigenvalue weighted by Crippen LogP contribution is 2.20. The minimum atomic E-state index is -1.45. The molecule has 0 aromatic rings. The molecular weight excluding hydrogens is 476 g/mol. The first-order valence-electron chi connectivity index (χ1n) is 11.8. The number of carbonyl (C=O) groups excluding carboxylic acids is 3. The lowest BCUT2D eigenvalue weighted by atomic mass is 10.1. The average Bonchev–Trinajstić information content (AvgIpc) is 3.29. The van der Waals surface area contributed by atoms with Crippen molar-refractivity contribution in [3.05, 3.63) is 0 Å². The highest BCUT2D eigenvalue weighted by molar-refractivity contribution is 5.96. The highest BCUT2D eigenvalue weighted by Gasteiger charge is 2.39. The Hall–Kier alpha value is -3.46. The summed E-state index contributed by atoms with van der Waals surface area (Å²) in [5.41, 5.74) is 21.7. The molecule has 3 amide bonds. The topological polar surface area (TPSA) is 270 Å². The van der Waals surface area contributed by atoms with E-state index >= 15 is 0 Å². The van der Waals surface area contributed by atoms with Crippen molar-refractivity contribution in [2.75, 3.05) is 19.6 Å². The van der Waals surface area contributed by atoms with E-state index < -0.39 is 60.2 Å². The quantitative estimate of drug-likeness (QED) is 0.0584. The van der Waals surface area contributed by atoms with Gasteiger partial charge >= 0.3 is 11.9 Å². The first kappa shape index (κ1) is 30.6. The van der Waals surface area contributed by atoms with Crippen molar-refractivity contribution in [2.24, 2.45) is 27.9 Å². The number of rotatable bonds is 16. The average molecular weight is 515 g/mol. The van der Waals surface area contributed by atoms with Crippen LogP contribution in [0.3, 0.4) is 0 Å². The Morgan fingerprint density at radius 3 is 2.28 bits per heavy atom. The number of likely N-dealkylation sites (tertiary alicyclic amines) is 1. The van der Waals surface area contributed by atoms with Crippen LogP contribution in [0.25, 0.3) is 0 Å². The molecule has 1 fully saturated rings. The summed E-state index contributed by atoms with van der Waals surface area (Å²) in [5, 5.41) is 23.5. The third kappa shape index (κ3) is 10.4. The molecule has 0 radical (unpaired) electrons. The van der Waals surface area contributed by atoms with E-state index in [4.69, 9.17) is 22.9 Å². The van der Waals surface area contributed by atoms with Crippen LogP contribution in [0.5, 0.6) is 0 Å². The lowest BCUT2D eigenvalue weighted by molar-refractivity contribution is -0.147. The van der Waals surface area contributed by atoms with Crippen LogP contribution in [0.4, 0.5) is 0 Å². The van der Waals surface area contributed by atoms with Gasteiger partial charge in [0.2, 0.25) is 17.7 Å². The fraction of sp³-hybridized carbons (Fsp3) is 0.714. The Morgan fingerprint density at radius 2 is 1.69 bits per heavy atom. The van der Waals surface area contributed by atoms with Crippen molar-refractivity contribution in [3.63, 3.8) is 0 Å². The normalized spacial score (nSPS) is 17.5. The largest absolute Gasteiger partial charge is 0.481 e. The number of guanidine groups is 1. The Kier molecular flexibility index (Phi) is 13.2. The van der Waals surface area contributed by atoms with Gasteiger partial charge in [-0.15, -0.1) is 0 Å². The second kappa shape index (κ2) is 15.5. The number of nitrogens with one attached hydrogen (secondary N) is 2. The minimum Gasteiger partial charge on any atom is -0.481 e. The number of nitrogens with two attached hydrogens (primary N) is 4. The fourth-order valence-electron chi connectivity index (χ4n) is 3.83. The van der Waals surface area contributed by atoms with Crippen molar-refractivity contribution in [1.29, 1.82) is 0 Å². The van der Waals surface area contributed by atoms with Crippen LogP contribution in [0, 0.1) is 0 Å². The molecule has 204 valence electrons. The molecule has 12 N–H and O–H groups in total. The van der Waals surface area contributed by atoms with E-state index in [0.29, 0.717) is 32.2 Å². The van der Waals surface area contributed by atoms with Crippen molar-refractivity contribution < 1.29 is 34.2 Å². The molecule has 1 saturated heterocycles. The number of amides is 3. The molecule has 1 aliphatic heterocycles. The zero-order valence-corrected chi connectivity index (χ0v) is 20.2. The predicted octanol–water partition coefficient (Wildman–Crippen LogP) is -2.98. The van der Waals surface area contributed by atoms with Crippen molar-refractivity contribution in [1.82, 2.24) is 15.5 Å². The van der Waals surface area contributed by atoms with Gasteiger partial charge in [0.05, 0.1) is 12.5 Å². The van der Waals surface area contributed by atoms with Gasteiger partial charge in [-0.25, -0.2) is 4.79 Å². The van der Waals surface area contributed by atoms with Crippen LogP contribution in [0.15, 0.2) is 4.99 Å². The van der Waals surface area contributed by atoms with Gasteiger partial charge in [0.25, 0.3) is 0 Å². The van der Waals surface area contributed by atoms with E-state index in [2.05, 4.69) is 15.6 Å². The molecule has 4 unspecified atom stereocenters. The number of nitrogens with zero attached hydrogens (tertiary/aromatic N) is 2. The molecular formula is C21H38N8O7. The molecule has 0 aliphatic carbocycles. The van der Waals surface area contributed by atoms with Gasteiger partial charge in [0.15, 0.2) is 5.96 Å². The van der Waals surface area contributed by atoms with Gasteiger partial charge < -0.3 is 48.7 Å². The van der Waals surface area contributed by atoms with E-state index in [1.165, 1.54) is 4.90 Å².